The van der Waals surface area contributed by atoms with Crippen LogP contribution in [0, 0.1) is 0 Å². The van der Waals surface area contributed by atoms with E-state index in [1.807, 2.05) is 0 Å². The van der Waals surface area contributed by atoms with E-state index in [9.17, 15) is 8.42 Å². The number of hydrogen-bond donors (Lipinski definition) is 2. The third kappa shape index (κ3) is 2.54. The lowest BCUT2D eigenvalue weighted by Gasteiger charge is -2.09. The van der Waals surface area contributed by atoms with Crippen molar-refractivity contribution in [2.75, 3.05) is 12.8 Å². The van der Waals surface area contributed by atoms with Crippen LogP contribution in [0.2, 0.25) is 0 Å². The van der Waals surface area contributed by atoms with Crippen LogP contribution in [0.15, 0.2) is 29.2 Å². The van der Waals surface area contributed by atoms with Crippen LogP contribution in [0.25, 0.3) is 0 Å². The predicted octanol–water partition coefficient (Wildman–Crippen LogP) is 0.0486. The van der Waals surface area contributed by atoms with Crippen molar-refractivity contribution < 1.29 is 8.42 Å². The van der Waals surface area contributed by atoms with Crippen molar-refractivity contribution in [3.05, 3.63) is 29.8 Å². The molecule has 1 aromatic carbocycles. The largest absolute Gasteiger partial charge is 0.329 e. The van der Waals surface area contributed by atoms with E-state index < -0.39 is 9.84 Å². The van der Waals surface area contributed by atoms with Gasteiger partial charge in [-0.2, -0.15) is 0 Å². The molecule has 1 aromatic rings. The lowest BCUT2D eigenvalue weighted by atomic mass is 10.1. The van der Waals surface area contributed by atoms with Crippen LogP contribution in [0.3, 0.4) is 0 Å². The Morgan fingerprint density at radius 2 is 2.07 bits per heavy atom. The lowest BCUT2D eigenvalue weighted by Crippen LogP contribution is -2.20. The summed E-state index contributed by atoms with van der Waals surface area (Å²) in [4.78, 5) is 0.277. The minimum atomic E-state index is -3.16. The van der Waals surface area contributed by atoms with Gasteiger partial charge in [-0.05, 0) is 17.7 Å². The van der Waals surface area contributed by atoms with Gasteiger partial charge >= 0.3 is 0 Å². The first-order chi connectivity index (χ1) is 6.45. The summed E-state index contributed by atoms with van der Waals surface area (Å²) in [6.45, 7) is 0.299. The van der Waals surface area contributed by atoms with Gasteiger partial charge in [0, 0.05) is 18.8 Å². The van der Waals surface area contributed by atoms with Gasteiger partial charge in [-0.25, -0.2) is 8.42 Å². The van der Waals surface area contributed by atoms with E-state index in [4.69, 9.17) is 11.5 Å². The summed E-state index contributed by atoms with van der Waals surface area (Å²) in [5.74, 6) is 0. The van der Waals surface area contributed by atoms with Gasteiger partial charge < -0.3 is 11.5 Å². The standard InChI is InChI=1S/C9H14N2O2S/c1-14(12,13)8-4-2-3-7(5-8)9(11)6-10/h2-5,9H,6,10-11H2,1H3/t9-/m1/s1. The van der Waals surface area contributed by atoms with E-state index in [0.717, 1.165) is 5.56 Å². The predicted molar refractivity (Wildman–Crippen MR) is 55.5 cm³/mol. The zero-order valence-electron chi connectivity index (χ0n) is 7.97. The van der Waals surface area contributed by atoms with Crippen LogP contribution in [0.1, 0.15) is 11.6 Å². The van der Waals surface area contributed by atoms with Crippen LogP contribution in [0.5, 0.6) is 0 Å². The molecule has 0 aromatic heterocycles. The fourth-order valence-electron chi connectivity index (χ4n) is 1.11. The average Bonchev–Trinajstić information content (AvgIpc) is 2.15. The van der Waals surface area contributed by atoms with Crippen molar-refractivity contribution in [1.82, 2.24) is 0 Å². The lowest BCUT2D eigenvalue weighted by molar-refractivity contribution is 0.601. The van der Waals surface area contributed by atoms with Crippen LogP contribution >= 0.6 is 0 Å². The van der Waals surface area contributed by atoms with Crippen LogP contribution in [0.4, 0.5) is 0 Å². The summed E-state index contributed by atoms with van der Waals surface area (Å²) >= 11 is 0. The minimum absolute atomic E-state index is 0.277. The molecule has 78 valence electrons. The molecule has 0 aliphatic carbocycles. The Kier molecular flexibility index (Phi) is 3.25. The fraction of sp³-hybridized carbons (Fsp3) is 0.333. The third-order valence-corrected chi connectivity index (χ3v) is 3.08. The smallest absolute Gasteiger partial charge is 0.175 e. The molecule has 4 N–H and O–H groups in total. The van der Waals surface area contributed by atoms with Gasteiger partial charge in [0.2, 0.25) is 0 Å². The first-order valence-corrected chi connectivity index (χ1v) is 6.10. The monoisotopic (exact) mass is 214 g/mol. The summed E-state index contributed by atoms with van der Waals surface area (Å²) in [5.41, 5.74) is 11.8. The Morgan fingerprint density at radius 3 is 2.57 bits per heavy atom. The molecule has 1 atom stereocenters. The Hall–Kier alpha value is -0.910. The fourth-order valence-corrected chi connectivity index (χ4v) is 1.79. The average molecular weight is 214 g/mol. The molecule has 0 bridgehead atoms. The molecule has 0 aliphatic rings. The van der Waals surface area contributed by atoms with Gasteiger partial charge in [0.15, 0.2) is 9.84 Å². The van der Waals surface area contributed by atoms with Gasteiger partial charge in [-0.1, -0.05) is 12.1 Å². The first kappa shape index (κ1) is 11.2. The normalized spacial score (nSPS) is 13.9. The summed E-state index contributed by atoms with van der Waals surface area (Å²) in [7, 11) is -3.16. The summed E-state index contributed by atoms with van der Waals surface area (Å²) in [6, 6.07) is 6.24. The van der Waals surface area contributed by atoms with Crippen molar-refractivity contribution in [1.29, 1.82) is 0 Å². The zero-order chi connectivity index (χ0) is 10.8. The molecular formula is C9H14N2O2S. The highest BCUT2D eigenvalue weighted by Crippen LogP contribution is 2.15. The van der Waals surface area contributed by atoms with Gasteiger partial charge in [0.05, 0.1) is 4.90 Å². The molecule has 0 saturated heterocycles. The molecule has 0 fully saturated rings. The highest BCUT2D eigenvalue weighted by molar-refractivity contribution is 7.90. The van der Waals surface area contributed by atoms with Crippen molar-refractivity contribution in [2.45, 2.75) is 10.9 Å². The van der Waals surface area contributed by atoms with E-state index in [2.05, 4.69) is 0 Å². The molecule has 0 radical (unpaired) electrons. The zero-order valence-corrected chi connectivity index (χ0v) is 8.79. The second-order valence-electron chi connectivity index (χ2n) is 3.19. The van der Waals surface area contributed by atoms with E-state index in [0.29, 0.717) is 6.54 Å². The SMILES string of the molecule is CS(=O)(=O)c1cccc([C@H](N)CN)c1. The van der Waals surface area contributed by atoms with Gasteiger partial charge in [-0.3, -0.25) is 0 Å². The number of hydrogen-bond acceptors (Lipinski definition) is 4. The quantitative estimate of drug-likeness (QED) is 0.744. The van der Waals surface area contributed by atoms with Crippen LogP contribution in [-0.4, -0.2) is 21.2 Å². The molecule has 0 spiro atoms. The number of nitrogens with two attached hydrogens (primary N) is 2. The van der Waals surface area contributed by atoms with E-state index in [1.54, 1.807) is 24.3 Å². The maximum absolute atomic E-state index is 11.2. The Bertz CT molecular complexity index is 415. The molecule has 0 heterocycles. The molecule has 14 heavy (non-hydrogen) atoms. The minimum Gasteiger partial charge on any atom is -0.329 e. The topological polar surface area (TPSA) is 86.2 Å². The molecule has 0 amide bonds. The Balaban J connectivity index is 3.14. The molecule has 0 aliphatic heterocycles. The Labute approximate surface area is 83.8 Å². The van der Waals surface area contributed by atoms with Crippen molar-refractivity contribution >= 4 is 9.84 Å². The molecule has 4 nitrogen and oxygen atoms in total. The molecule has 0 saturated carbocycles. The number of benzene rings is 1. The summed E-state index contributed by atoms with van der Waals surface area (Å²) < 4.78 is 22.4. The number of rotatable bonds is 3. The Morgan fingerprint density at radius 1 is 1.43 bits per heavy atom. The van der Waals surface area contributed by atoms with Gasteiger partial charge in [0.1, 0.15) is 0 Å². The summed E-state index contributed by atoms with van der Waals surface area (Å²) in [5, 5.41) is 0. The highest BCUT2D eigenvalue weighted by Gasteiger charge is 2.09. The van der Waals surface area contributed by atoms with E-state index >= 15 is 0 Å². The maximum Gasteiger partial charge on any atom is 0.175 e. The first-order valence-electron chi connectivity index (χ1n) is 4.21. The van der Waals surface area contributed by atoms with Gasteiger partial charge in [0.25, 0.3) is 0 Å². The second-order valence-corrected chi connectivity index (χ2v) is 5.20. The van der Waals surface area contributed by atoms with Crippen molar-refractivity contribution in [2.24, 2.45) is 11.5 Å². The van der Waals surface area contributed by atoms with Crippen LogP contribution < -0.4 is 11.5 Å². The maximum atomic E-state index is 11.2. The second kappa shape index (κ2) is 4.08. The molecular weight excluding hydrogens is 200 g/mol. The van der Waals surface area contributed by atoms with E-state index in [1.165, 1.54) is 6.26 Å². The van der Waals surface area contributed by atoms with Crippen LogP contribution in [-0.2, 0) is 9.84 Å². The molecule has 5 heteroatoms. The van der Waals surface area contributed by atoms with Crippen molar-refractivity contribution in [3.8, 4) is 0 Å². The third-order valence-electron chi connectivity index (χ3n) is 1.97. The van der Waals surface area contributed by atoms with Gasteiger partial charge in [-0.15, -0.1) is 0 Å². The van der Waals surface area contributed by atoms with Crippen molar-refractivity contribution in [3.63, 3.8) is 0 Å². The molecule has 0 unspecified atom stereocenters. The van der Waals surface area contributed by atoms with E-state index in [-0.39, 0.29) is 10.9 Å². The summed E-state index contributed by atoms with van der Waals surface area (Å²) in [6.07, 6.45) is 1.17. The number of sulfone groups is 1. The highest BCUT2D eigenvalue weighted by atomic mass is 32.2. The molecule has 1 rings (SSSR count).